The number of nitriles is 3. The van der Waals surface area contributed by atoms with E-state index in [0.717, 1.165) is 30.5 Å². The molecule has 0 saturated heterocycles. The fourth-order valence-corrected chi connectivity index (χ4v) is 1.52. The second kappa shape index (κ2) is 7.80. The number of hydrogen-bond acceptors (Lipinski definition) is 3. The number of unbranched alkanes of at least 4 members (excludes halogenated alkanes) is 1. The third-order valence-electron chi connectivity index (χ3n) is 2.51. The van der Waals surface area contributed by atoms with Crippen LogP contribution in [0.5, 0.6) is 0 Å². The summed E-state index contributed by atoms with van der Waals surface area (Å²) in [6, 6.07) is 6.37. The van der Waals surface area contributed by atoms with Crippen molar-refractivity contribution in [1.29, 1.82) is 15.8 Å². The molecule has 0 unspecified atom stereocenters. The summed E-state index contributed by atoms with van der Waals surface area (Å²) in [4.78, 5) is 0. The molecule has 0 aromatic carbocycles. The van der Waals surface area contributed by atoms with Crippen LogP contribution >= 0.6 is 0 Å². The zero-order valence-corrected chi connectivity index (χ0v) is 9.24. The molecule has 0 rings (SSSR count). The first kappa shape index (κ1) is 13.4. The first-order valence-corrected chi connectivity index (χ1v) is 5.13. The maximum Gasteiger partial charge on any atom is 0.0916 e. The van der Waals surface area contributed by atoms with Crippen LogP contribution in [-0.4, -0.2) is 31.2 Å². The normalized spacial score (nSPS) is 10.0. The first-order valence-electron chi connectivity index (χ1n) is 5.13. The Kier molecular flexibility index (Phi) is 6.98. The zero-order chi connectivity index (χ0) is 11.6. The zero-order valence-electron chi connectivity index (χ0n) is 9.24. The van der Waals surface area contributed by atoms with E-state index in [0.29, 0.717) is 19.3 Å². The Morgan fingerprint density at radius 1 is 0.800 bits per heavy atom. The average molecular weight is 205 g/mol. The van der Waals surface area contributed by atoms with Gasteiger partial charge in [0.25, 0.3) is 0 Å². The minimum atomic E-state index is 0.508. The van der Waals surface area contributed by atoms with Crippen LogP contribution in [0.2, 0.25) is 0 Å². The van der Waals surface area contributed by atoms with E-state index in [2.05, 4.69) is 18.2 Å². The molecule has 4 nitrogen and oxygen atoms in total. The van der Waals surface area contributed by atoms with Crippen molar-refractivity contribution in [3.8, 4) is 18.2 Å². The highest BCUT2D eigenvalue weighted by Gasteiger charge is 2.19. The number of hydrogen-bond donors (Lipinski definition) is 0. The molecule has 0 atom stereocenters. The highest BCUT2D eigenvalue weighted by molar-refractivity contribution is 4.72. The van der Waals surface area contributed by atoms with Gasteiger partial charge in [0, 0.05) is 12.8 Å². The number of rotatable bonds is 7. The Bertz CT molecular complexity index is 271. The van der Waals surface area contributed by atoms with Crippen LogP contribution in [0.15, 0.2) is 0 Å². The average Bonchev–Trinajstić information content (AvgIpc) is 2.24. The van der Waals surface area contributed by atoms with Gasteiger partial charge in [-0.1, -0.05) is 0 Å². The van der Waals surface area contributed by atoms with E-state index >= 15 is 0 Å². The molecular formula is C11H17N4+. The molecule has 0 fully saturated rings. The highest BCUT2D eigenvalue weighted by Crippen LogP contribution is 2.08. The minimum absolute atomic E-state index is 0.508. The van der Waals surface area contributed by atoms with Gasteiger partial charge >= 0.3 is 0 Å². The van der Waals surface area contributed by atoms with Crippen LogP contribution in [0, 0.1) is 34.0 Å². The van der Waals surface area contributed by atoms with Gasteiger partial charge in [-0.2, -0.15) is 15.8 Å². The van der Waals surface area contributed by atoms with Crippen molar-refractivity contribution in [3.05, 3.63) is 0 Å². The Labute approximate surface area is 91.5 Å². The lowest BCUT2D eigenvalue weighted by Crippen LogP contribution is -2.46. The molecule has 0 saturated carbocycles. The Balaban J connectivity index is 4.10. The third-order valence-corrected chi connectivity index (χ3v) is 2.51. The second-order valence-corrected chi connectivity index (χ2v) is 3.87. The Morgan fingerprint density at radius 3 is 1.67 bits per heavy atom. The smallest absolute Gasteiger partial charge is 0.0916 e. The Morgan fingerprint density at radius 2 is 1.27 bits per heavy atom. The minimum Gasteiger partial charge on any atom is -0.324 e. The summed E-state index contributed by atoms with van der Waals surface area (Å²) in [6.07, 6.45) is 2.40. The van der Waals surface area contributed by atoms with Gasteiger partial charge in [0.05, 0.1) is 57.7 Å². The van der Waals surface area contributed by atoms with Crippen LogP contribution in [-0.2, 0) is 0 Å². The van der Waals surface area contributed by atoms with Crippen molar-refractivity contribution in [2.45, 2.75) is 25.7 Å². The van der Waals surface area contributed by atoms with E-state index in [9.17, 15) is 0 Å². The molecule has 0 aliphatic rings. The van der Waals surface area contributed by atoms with Gasteiger partial charge in [0.1, 0.15) is 0 Å². The molecule has 0 spiro atoms. The molecular weight excluding hydrogens is 188 g/mol. The lowest BCUT2D eigenvalue weighted by molar-refractivity contribution is -0.908. The lowest BCUT2D eigenvalue weighted by Gasteiger charge is -2.33. The quantitative estimate of drug-likeness (QED) is 0.467. The summed E-state index contributed by atoms with van der Waals surface area (Å²) < 4.78 is 0.725. The molecule has 15 heavy (non-hydrogen) atoms. The van der Waals surface area contributed by atoms with Crippen LogP contribution in [0.3, 0.4) is 0 Å². The molecule has 0 aromatic rings. The van der Waals surface area contributed by atoms with Gasteiger partial charge in [-0.05, 0) is 0 Å². The van der Waals surface area contributed by atoms with Crippen molar-refractivity contribution in [2.24, 2.45) is 0 Å². The van der Waals surface area contributed by atoms with Crippen molar-refractivity contribution in [1.82, 2.24) is 0 Å². The third kappa shape index (κ3) is 6.49. The summed E-state index contributed by atoms with van der Waals surface area (Å²) in [6.45, 7) is 2.41. The molecule has 0 amide bonds. The molecule has 0 heterocycles. The molecule has 0 aliphatic heterocycles. The van der Waals surface area contributed by atoms with E-state index in [1.807, 2.05) is 7.05 Å². The Hall–Kier alpha value is -1.57. The van der Waals surface area contributed by atoms with Crippen molar-refractivity contribution in [3.63, 3.8) is 0 Å². The molecule has 4 heteroatoms. The lowest BCUT2D eigenvalue weighted by atomic mass is 10.2. The van der Waals surface area contributed by atoms with Gasteiger partial charge in [0.15, 0.2) is 0 Å². The molecule has 0 aromatic heterocycles. The molecule has 0 bridgehead atoms. The van der Waals surface area contributed by atoms with Crippen LogP contribution < -0.4 is 0 Å². The van der Waals surface area contributed by atoms with E-state index in [-0.39, 0.29) is 0 Å². The van der Waals surface area contributed by atoms with E-state index in [1.54, 1.807) is 0 Å². The maximum atomic E-state index is 8.55. The molecule has 0 N–H and O–H groups in total. The van der Waals surface area contributed by atoms with Crippen molar-refractivity contribution < 1.29 is 4.48 Å². The summed E-state index contributed by atoms with van der Waals surface area (Å²) in [7, 11) is 2.05. The van der Waals surface area contributed by atoms with Crippen molar-refractivity contribution in [2.75, 3.05) is 26.7 Å². The first-order chi connectivity index (χ1) is 7.18. The predicted molar refractivity (Wildman–Crippen MR) is 56.1 cm³/mol. The standard InChI is InChI=1S/C11H17N4/c1-15(10-4-7-13,11-5-8-14)9-3-2-6-12/h2-5,9-11H2,1H3/q+1. The van der Waals surface area contributed by atoms with E-state index in [1.165, 1.54) is 0 Å². The fourth-order valence-electron chi connectivity index (χ4n) is 1.52. The summed E-state index contributed by atoms with van der Waals surface area (Å²) >= 11 is 0. The van der Waals surface area contributed by atoms with E-state index in [4.69, 9.17) is 15.8 Å². The SMILES string of the molecule is C[N+](CCC#N)(CCC#N)CCCC#N. The summed E-state index contributed by atoms with van der Waals surface area (Å²) in [5.74, 6) is 0. The van der Waals surface area contributed by atoms with E-state index < -0.39 is 0 Å². The molecule has 0 aliphatic carbocycles. The highest BCUT2D eigenvalue weighted by atomic mass is 15.3. The monoisotopic (exact) mass is 205 g/mol. The van der Waals surface area contributed by atoms with Gasteiger partial charge < -0.3 is 4.48 Å². The van der Waals surface area contributed by atoms with Gasteiger partial charge in [-0.3, -0.25) is 0 Å². The van der Waals surface area contributed by atoms with Crippen molar-refractivity contribution >= 4 is 0 Å². The number of quaternary nitrogens is 1. The second-order valence-electron chi connectivity index (χ2n) is 3.87. The maximum absolute atomic E-state index is 8.55. The van der Waals surface area contributed by atoms with Gasteiger partial charge in [-0.15, -0.1) is 0 Å². The molecule has 0 radical (unpaired) electrons. The van der Waals surface area contributed by atoms with Crippen LogP contribution in [0.4, 0.5) is 0 Å². The van der Waals surface area contributed by atoms with Gasteiger partial charge in [-0.25, -0.2) is 0 Å². The largest absolute Gasteiger partial charge is 0.324 e. The van der Waals surface area contributed by atoms with Crippen LogP contribution in [0.25, 0.3) is 0 Å². The van der Waals surface area contributed by atoms with Crippen LogP contribution in [0.1, 0.15) is 25.7 Å². The van der Waals surface area contributed by atoms with Gasteiger partial charge in [0.2, 0.25) is 0 Å². The fraction of sp³-hybridized carbons (Fsp3) is 0.727. The number of nitrogens with zero attached hydrogens (tertiary/aromatic N) is 4. The predicted octanol–water partition coefficient (Wildman–Crippen LogP) is 1.56. The summed E-state index contributed by atoms with van der Waals surface area (Å²) in [5.41, 5.74) is 0. The summed E-state index contributed by atoms with van der Waals surface area (Å²) in [5, 5.41) is 25.6. The molecule has 80 valence electrons. The topological polar surface area (TPSA) is 71.4 Å².